The maximum atomic E-state index is 12.1. The van der Waals surface area contributed by atoms with Crippen LogP contribution in [0.5, 0.6) is 0 Å². The van der Waals surface area contributed by atoms with Crippen molar-refractivity contribution in [3.63, 3.8) is 0 Å². The van der Waals surface area contributed by atoms with Crippen LogP contribution >= 0.6 is 54.5 Å². The zero-order valence-corrected chi connectivity index (χ0v) is 14.4. The molecule has 18 heavy (non-hydrogen) atoms. The van der Waals surface area contributed by atoms with E-state index in [1.54, 1.807) is 0 Å². The molecule has 0 heterocycles. The van der Waals surface area contributed by atoms with Crippen molar-refractivity contribution in [3.05, 3.63) is 60.5 Å². The van der Waals surface area contributed by atoms with Gasteiger partial charge in [0.25, 0.3) is 5.91 Å². The third-order valence-corrected chi connectivity index (χ3v) is 4.42. The molecule has 1 amide bonds. The highest BCUT2D eigenvalue weighted by atomic mass is 127. The van der Waals surface area contributed by atoms with E-state index in [-0.39, 0.29) is 5.91 Å². The number of hydrogen-bond acceptors (Lipinski definition) is 1. The molecule has 0 spiro atoms. The third-order valence-electron chi connectivity index (χ3n) is 2.30. The Hall–Kier alpha value is -0.400. The second kappa shape index (κ2) is 6.16. The Bertz CT molecular complexity index is 601. The normalized spacial score (nSPS) is 10.2. The maximum absolute atomic E-state index is 12.1. The minimum atomic E-state index is -0.112. The van der Waals surface area contributed by atoms with Crippen LogP contribution in [0.2, 0.25) is 0 Å². The first-order chi connectivity index (χ1) is 8.58. The maximum Gasteiger partial charge on any atom is 0.256 e. The van der Waals surface area contributed by atoms with Crippen molar-refractivity contribution in [1.29, 1.82) is 0 Å². The lowest BCUT2D eigenvalue weighted by Crippen LogP contribution is -2.13. The van der Waals surface area contributed by atoms with Crippen LogP contribution in [0.15, 0.2) is 51.4 Å². The van der Waals surface area contributed by atoms with Gasteiger partial charge in [-0.05, 0) is 68.9 Å². The van der Waals surface area contributed by atoms with Gasteiger partial charge in [0.2, 0.25) is 0 Å². The first-order valence-corrected chi connectivity index (χ1v) is 7.75. The molecule has 0 radical (unpaired) electrons. The topological polar surface area (TPSA) is 29.1 Å². The van der Waals surface area contributed by atoms with E-state index in [1.165, 1.54) is 0 Å². The molecule has 0 saturated heterocycles. The third kappa shape index (κ3) is 3.33. The van der Waals surface area contributed by atoms with Crippen molar-refractivity contribution in [2.45, 2.75) is 0 Å². The van der Waals surface area contributed by atoms with Crippen LogP contribution in [0.3, 0.4) is 0 Å². The Morgan fingerprint density at radius 1 is 1.11 bits per heavy atom. The molecule has 5 heteroatoms. The molecule has 92 valence electrons. The summed E-state index contributed by atoms with van der Waals surface area (Å²) >= 11 is 8.95. The molecule has 1 N–H and O–H groups in total. The van der Waals surface area contributed by atoms with Crippen LogP contribution in [0.1, 0.15) is 10.4 Å². The summed E-state index contributed by atoms with van der Waals surface area (Å²) in [5, 5.41) is 2.89. The van der Waals surface area contributed by atoms with Gasteiger partial charge in [-0.2, -0.15) is 0 Å². The molecule has 0 aromatic heterocycles. The Morgan fingerprint density at radius 3 is 2.56 bits per heavy atom. The van der Waals surface area contributed by atoms with Crippen LogP contribution in [0.25, 0.3) is 0 Å². The summed E-state index contributed by atoms with van der Waals surface area (Å²) < 4.78 is 2.70. The molecule has 0 fully saturated rings. The lowest BCUT2D eigenvalue weighted by molar-refractivity contribution is 0.102. The summed E-state index contributed by atoms with van der Waals surface area (Å²) in [6.45, 7) is 0. The van der Waals surface area contributed by atoms with Crippen molar-refractivity contribution in [1.82, 2.24) is 0 Å². The van der Waals surface area contributed by atoms with Gasteiger partial charge in [-0.1, -0.05) is 28.1 Å². The van der Waals surface area contributed by atoms with E-state index in [0.29, 0.717) is 5.56 Å². The van der Waals surface area contributed by atoms with E-state index in [2.05, 4.69) is 59.8 Å². The zero-order chi connectivity index (χ0) is 13.1. The number of carbonyl (C=O) groups excluding carboxylic acids is 1. The molecular formula is C13H8Br2INO. The van der Waals surface area contributed by atoms with Crippen molar-refractivity contribution in [3.8, 4) is 0 Å². The number of rotatable bonds is 2. The lowest BCUT2D eigenvalue weighted by Gasteiger charge is -2.09. The van der Waals surface area contributed by atoms with E-state index in [4.69, 9.17) is 0 Å². The molecule has 0 atom stereocenters. The summed E-state index contributed by atoms with van der Waals surface area (Å²) in [4.78, 5) is 12.1. The van der Waals surface area contributed by atoms with Gasteiger partial charge in [0.1, 0.15) is 0 Å². The highest BCUT2D eigenvalue weighted by Crippen LogP contribution is 2.27. The predicted octanol–water partition coefficient (Wildman–Crippen LogP) is 5.07. The molecule has 2 rings (SSSR count). The minimum Gasteiger partial charge on any atom is -0.321 e. The fourth-order valence-corrected chi connectivity index (χ4v) is 2.77. The zero-order valence-electron chi connectivity index (χ0n) is 9.08. The van der Waals surface area contributed by atoms with Crippen LogP contribution in [-0.4, -0.2) is 5.91 Å². The Labute approximate surface area is 136 Å². The number of amides is 1. The summed E-state index contributed by atoms with van der Waals surface area (Å²) in [7, 11) is 0. The molecule has 0 saturated carbocycles. The summed E-state index contributed by atoms with van der Waals surface area (Å²) in [5.74, 6) is -0.112. The number of benzene rings is 2. The molecule has 0 unspecified atom stereocenters. The van der Waals surface area contributed by atoms with E-state index >= 15 is 0 Å². The first kappa shape index (κ1) is 14.0. The van der Waals surface area contributed by atoms with Crippen LogP contribution in [-0.2, 0) is 0 Å². The lowest BCUT2D eigenvalue weighted by atomic mass is 10.2. The average molecular weight is 481 g/mol. The molecule has 0 aliphatic rings. The molecular weight excluding hydrogens is 473 g/mol. The first-order valence-electron chi connectivity index (χ1n) is 5.09. The summed E-state index contributed by atoms with van der Waals surface area (Å²) in [6.07, 6.45) is 0. The van der Waals surface area contributed by atoms with E-state index in [9.17, 15) is 4.79 Å². The van der Waals surface area contributed by atoms with E-state index in [1.807, 2.05) is 42.5 Å². The van der Waals surface area contributed by atoms with Gasteiger partial charge < -0.3 is 5.32 Å². The van der Waals surface area contributed by atoms with E-state index in [0.717, 1.165) is 18.2 Å². The second-order valence-electron chi connectivity index (χ2n) is 3.56. The average Bonchev–Trinajstić information content (AvgIpc) is 2.34. The number of halogens is 3. The highest BCUT2D eigenvalue weighted by molar-refractivity contribution is 14.1. The molecule has 2 aromatic carbocycles. The Morgan fingerprint density at radius 2 is 1.83 bits per heavy atom. The van der Waals surface area contributed by atoms with E-state index < -0.39 is 0 Å². The standard InChI is InChI=1S/C13H8Br2INO/c14-8-5-6-10(15)12(7-8)17-13(18)9-3-1-2-4-11(9)16/h1-7H,(H,17,18). The van der Waals surface area contributed by atoms with Gasteiger partial charge in [-0.3, -0.25) is 4.79 Å². The van der Waals surface area contributed by atoms with Gasteiger partial charge in [0.05, 0.1) is 11.3 Å². The van der Waals surface area contributed by atoms with Gasteiger partial charge in [0, 0.05) is 12.5 Å². The van der Waals surface area contributed by atoms with Gasteiger partial charge in [-0.15, -0.1) is 0 Å². The second-order valence-corrected chi connectivity index (χ2v) is 6.49. The van der Waals surface area contributed by atoms with Crippen molar-refractivity contribution in [2.24, 2.45) is 0 Å². The monoisotopic (exact) mass is 479 g/mol. The minimum absolute atomic E-state index is 0.112. The molecule has 0 aliphatic carbocycles. The summed E-state index contributed by atoms with van der Waals surface area (Å²) in [6, 6.07) is 13.1. The molecule has 2 aromatic rings. The van der Waals surface area contributed by atoms with Gasteiger partial charge in [-0.25, -0.2) is 0 Å². The van der Waals surface area contributed by atoms with Crippen LogP contribution in [0, 0.1) is 3.57 Å². The number of nitrogens with one attached hydrogen (secondary N) is 1. The molecule has 0 aliphatic heterocycles. The Kier molecular flexibility index (Phi) is 4.80. The molecule has 0 bridgehead atoms. The SMILES string of the molecule is O=C(Nc1cc(Br)ccc1Br)c1ccccc1I. The van der Waals surface area contributed by atoms with Crippen molar-refractivity contribution < 1.29 is 4.79 Å². The number of hydrogen-bond donors (Lipinski definition) is 1. The fraction of sp³-hybridized carbons (Fsp3) is 0. The largest absolute Gasteiger partial charge is 0.321 e. The van der Waals surface area contributed by atoms with Crippen LogP contribution in [0.4, 0.5) is 5.69 Å². The van der Waals surface area contributed by atoms with Crippen molar-refractivity contribution >= 4 is 66.0 Å². The smallest absolute Gasteiger partial charge is 0.256 e. The fourth-order valence-electron chi connectivity index (χ4n) is 1.43. The van der Waals surface area contributed by atoms with Gasteiger partial charge in [0.15, 0.2) is 0 Å². The quantitative estimate of drug-likeness (QED) is 0.597. The van der Waals surface area contributed by atoms with Crippen molar-refractivity contribution in [2.75, 3.05) is 5.32 Å². The number of carbonyl (C=O) groups is 1. The highest BCUT2D eigenvalue weighted by Gasteiger charge is 2.11. The van der Waals surface area contributed by atoms with Gasteiger partial charge >= 0.3 is 0 Å². The number of anilines is 1. The summed E-state index contributed by atoms with van der Waals surface area (Å²) in [5.41, 5.74) is 1.42. The Balaban J connectivity index is 2.27. The predicted molar refractivity (Wildman–Crippen MR) is 89.0 cm³/mol. The van der Waals surface area contributed by atoms with Crippen LogP contribution < -0.4 is 5.32 Å². The molecule has 2 nitrogen and oxygen atoms in total.